The van der Waals surface area contributed by atoms with Crippen LogP contribution in [0.2, 0.25) is 0 Å². The van der Waals surface area contributed by atoms with Gasteiger partial charge in [0.1, 0.15) is 11.5 Å². The highest BCUT2D eigenvalue weighted by molar-refractivity contribution is 6.41. The highest BCUT2D eigenvalue weighted by atomic mass is 16.5. The summed E-state index contributed by atoms with van der Waals surface area (Å²) >= 11 is 0. The number of fused-ring (bicyclic) bond motifs is 2. The molecule has 0 aliphatic carbocycles. The van der Waals surface area contributed by atoms with Gasteiger partial charge in [0.05, 0.1) is 11.1 Å². The molecule has 0 N–H and O–H groups in total. The van der Waals surface area contributed by atoms with Crippen LogP contribution in [0, 0.1) is 0 Å². The van der Waals surface area contributed by atoms with Crippen molar-refractivity contribution in [2.24, 2.45) is 0 Å². The van der Waals surface area contributed by atoms with Gasteiger partial charge < -0.3 is 9.47 Å². The second kappa shape index (κ2) is 7.81. The number of rotatable bonds is 0. The number of carbonyl (C=O) groups is 2. The van der Waals surface area contributed by atoms with Crippen molar-refractivity contribution in [2.45, 2.75) is 105 Å². The number of esters is 2. The number of ether oxygens (including phenoxy) is 2. The first-order valence-corrected chi connectivity index (χ1v) is 12.8. The molecule has 4 nitrogen and oxygen atoms in total. The van der Waals surface area contributed by atoms with Crippen molar-refractivity contribution in [3.8, 4) is 11.5 Å². The van der Waals surface area contributed by atoms with Crippen LogP contribution in [0.3, 0.4) is 0 Å². The maximum atomic E-state index is 13.5. The van der Waals surface area contributed by atoms with Gasteiger partial charge in [-0.05, 0) is 44.9 Å². The molecule has 0 bridgehead atoms. The van der Waals surface area contributed by atoms with Crippen LogP contribution in [0.4, 0.5) is 0 Å². The first kappa shape index (κ1) is 26.2. The van der Waals surface area contributed by atoms with E-state index in [0.29, 0.717) is 33.8 Å². The fourth-order valence-electron chi connectivity index (χ4n) is 4.81. The number of carbonyl (C=O) groups excluding carboxylic acids is 2. The molecule has 0 atom stereocenters. The summed E-state index contributed by atoms with van der Waals surface area (Å²) in [7, 11) is 0. The summed E-state index contributed by atoms with van der Waals surface area (Å²) in [5.74, 6) is 0.0965. The minimum Gasteiger partial charge on any atom is -0.422 e. The van der Waals surface area contributed by atoms with Crippen LogP contribution >= 0.6 is 0 Å². The zero-order valence-electron chi connectivity index (χ0n) is 23.9. The summed E-state index contributed by atoms with van der Waals surface area (Å²) < 4.78 is 11.8. The standard InChI is InChI=1S/C32H40O4/c1-29(2,3)17-13-19-23(27(33)35-25(19)21(15-17)31(7,8)9)24-20-14-18(30(4,5)6)16-22(32(10,11)12)26(20)36-28(24)34/h13-16H,1-12H3. The van der Waals surface area contributed by atoms with Crippen molar-refractivity contribution in [3.63, 3.8) is 0 Å². The molecule has 0 aromatic heterocycles. The Labute approximate surface area is 216 Å². The van der Waals surface area contributed by atoms with Crippen molar-refractivity contribution < 1.29 is 19.1 Å². The van der Waals surface area contributed by atoms with Gasteiger partial charge in [0.15, 0.2) is 0 Å². The lowest BCUT2D eigenvalue weighted by atomic mass is 9.77. The Morgan fingerprint density at radius 1 is 0.472 bits per heavy atom. The van der Waals surface area contributed by atoms with Crippen molar-refractivity contribution in [1.82, 2.24) is 0 Å². The van der Waals surface area contributed by atoms with Gasteiger partial charge in [0, 0.05) is 22.3 Å². The number of hydrogen-bond donors (Lipinski definition) is 0. The van der Waals surface area contributed by atoms with Gasteiger partial charge in [-0.1, -0.05) is 95.2 Å². The Kier molecular flexibility index (Phi) is 5.68. The van der Waals surface area contributed by atoms with E-state index in [1.807, 2.05) is 12.1 Å². The highest BCUT2D eigenvalue weighted by Gasteiger charge is 2.43. The zero-order valence-corrected chi connectivity index (χ0v) is 23.9. The summed E-state index contributed by atoms with van der Waals surface area (Å²) in [5.41, 5.74) is 5.25. The van der Waals surface area contributed by atoms with Gasteiger partial charge in [0.2, 0.25) is 0 Å². The zero-order chi connectivity index (χ0) is 27.2. The molecule has 0 amide bonds. The van der Waals surface area contributed by atoms with Gasteiger partial charge in [0.25, 0.3) is 0 Å². The lowest BCUT2D eigenvalue weighted by molar-refractivity contribution is -0.129. The minimum absolute atomic E-state index is 0.149. The van der Waals surface area contributed by atoms with Gasteiger partial charge in [-0.2, -0.15) is 0 Å². The number of hydrogen-bond acceptors (Lipinski definition) is 4. The molecule has 2 aliphatic heterocycles. The second-order valence-corrected chi connectivity index (χ2v) is 14.3. The van der Waals surface area contributed by atoms with Crippen LogP contribution in [0.15, 0.2) is 24.3 Å². The highest BCUT2D eigenvalue weighted by Crippen LogP contribution is 2.51. The maximum absolute atomic E-state index is 13.5. The van der Waals surface area contributed by atoms with E-state index in [2.05, 4.69) is 95.2 Å². The van der Waals surface area contributed by atoms with E-state index in [9.17, 15) is 9.59 Å². The lowest BCUT2D eigenvalue weighted by Gasteiger charge is -2.27. The van der Waals surface area contributed by atoms with E-state index < -0.39 is 11.9 Å². The molecule has 0 radical (unpaired) electrons. The summed E-state index contributed by atoms with van der Waals surface area (Å²) in [6, 6.07) is 8.30. The fraction of sp³-hybridized carbons (Fsp3) is 0.500. The van der Waals surface area contributed by atoms with E-state index in [1.54, 1.807) is 0 Å². The van der Waals surface area contributed by atoms with E-state index in [0.717, 1.165) is 22.3 Å². The third-order valence-corrected chi connectivity index (χ3v) is 7.11. The van der Waals surface area contributed by atoms with Crippen molar-refractivity contribution in [1.29, 1.82) is 0 Å². The quantitative estimate of drug-likeness (QED) is 0.217. The molecule has 2 aliphatic rings. The first-order valence-electron chi connectivity index (χ1n) is 12.8. The molecule has 4 heteroatoms. The van der Waals surface area contributed by atoms with Crippen LogP contribution in [0.1, 0.15) is 116 Å². The van der Waals surface area contributed by atoms with E-state index in [1.165, 1.54) is 0 Å². The molecule has 2 aromatic carbocycles. The van der Waals surface area contributed by atoms with E-state index in [-0.39, 0.29) is 21.7 Å². The van der Waals surface area contributed by atoms with Crippen molar-refractivity contribution in [2.75, 3.05) is 0 Å². The maximum Gasteiger partial charge on any atom is 0.345 e. The predicted molar refractivity (Wildman–Crippen MR) is 146 cm³/mol. The summed E-state index contributed by atoms with van der Waals surface area (Å²) in [4.78, 5) is 27.0. The monoisotopic (exact) mass is 488 g/mol. The molecule has 0 unspecified atom stereocenters. The SMILES string of the molecule is CC(C)(C)c1cc2c(c(C(C)(C)C)c1)OC(=O)C2=C1C(=O)Oc2c1cc(C(C)(C)C)cc2C(C)(C)C. The molecule has 192 valence electrons. The molecule has 0 saturated carbocycles. The lowest BCUT2D eigenvalue weighted by Crippen LogP contribution is -2.17. The average Bonchev–Trinajstić information content (AvgIpc) is 3.17. The Balaban J connectivity index is 2.12. The Bertz CT molecular complexity index is 1220. The molecule has 2 aromatic rings. The summed E-state index contributed by atoms with van der Waals surface area (Å²) in [6.45, 7) is 25.5. The summed E-state index contributed by atoms with van der Waals surface area (Å²) in [6.07, 6.45) is 0. The predicted octanol–water partition coefficient (Wildman–Crippen LogP) is 7.63. The number of benzene rings is 2. The van der Waals surface area contributed by atoms with E-state index in [4.69, 9.17) is 9.47 Å². The van der Waals surface area contributed by atoms with Gasteiger partial charge in [-0.25, -0.2) is 9.59 Å². The molecule has 36 heavy (non-hydrogen) atoms. The molecule has 4 rings (SSSR count). The Hall–Kier alpha value is -2.88. The van der Waals surface area contributed by atoms with Gasteiger partial charge >= 0.3 is 11.9 Å². The smallest absolute Gasteiger partial charge is 0.345 e. The third-order valence-electron chi connectivity index (χ3n) is 7.11. The Morgan fingerprint density at radius 3 is 1.03 bits per heavy atom. The first-order chi connectivity index (χ1) is 16.2. The van der Waals surface area contributed by atoms with Crippen LogP contribution in [0.5, 0.6) is 11.5 Å². The topological polar surface area (TPSA) is 52.6 Å². The Morgan fingerprint density at radius 2 is 0.778 bits per heavy atom. The largest absolute Gasteiger partial charge is 0.422 e. The molecular weight excluding hydrogens is 448 g/mol. The van der Waals surface area contributed by atoms with Crippen LogP contribution in [-0.4, -0.2) is 11.9 Å². The van der Waals surface area contributed by atoms with Crippen LogP contribution in [0.25, 0.3) is 11.1 Å². The van der Waals surface area contributed by atoms with Gasteiger partial charge in [-0.3, -0.25) is 0 Å². The van der Waals surface area contributed by atoms with Crippen LogP contribution in [-0.2, 0) is 31.2 Å². The minimum atomic E-state index is -0.500. The molecule has 0 saturated heterocycles. The summed E-state index contributed by atoms with van der Waals surface area (Å²) in [5, 5.41) is 0. The molecule has 2 heterocycles. The molecular formula is C32H40O4. The van der Waals surface area contributed by atoms with E-state index >= 15 is 0 Å². The second-order valence-electron chi connectivity index (χ2n) is 14.3. The fourth-order valence-corrected chi connectivity index (χ4v) is 4.81. The third kappa shape index (κ3) is 4.29. The normalized spacial score (nSPS) is 18.2. The van der Waals surface area contributed by atoms with Crippen LogP contribution < -0.4 is 9.47 Å². The average molecular weight is 489 g/mol. The molecule has 0 spiro atoms. The van der Waals surface area contributed by atoms with Gasteiger partial charge in [-0.15, -0.1) is 0 Å². The molecule has 0 fully saturated rings. The van der Waals surface area contributed by atoms with Crippen molar-refractivity contribution in [3.05, 3.63) is 57.6 Å². The van der Waals surface area contributed by atoms with Crippen molar-refractivity contribution >= 4 is 23.1 Å².